The van der Waals surface area contributed by atoms with E-state index in [2.05, 4.69) is 67.4 Å². The Hall–Kier alpha value is -2.88. The Morgan fingerprint density at radius 1 is 1.12 bits per heavy atom. The zero-order valence-electron chi connectivity index (χ0n) is 19.1. The Morgan fingerprint density at radius 3 is 2.53 bits per heavy atom. The predicted molar refractivity (Wildman–Crippen MR) is 129 cm³/mol. The third-order valence-electron chi connectivity index (χ3n) is 7.30. The number of hydrogen-bond donors (Lipinski definition) is 1. The van der Waals surface area contributed by atoms with Gasteiger partial charge in [-0.15, -0.1) is 6.58 Å². The monoisotopic (exact) mass is 430 g/mol. The summed E-state index contributed by atoms with van der Waals surface area (Å²) in [5.41, 5.74) is 4.31. The summed E-state index contributed by atoms with van der Waals surface area (Å²) in [5, 5.41) is 3.05. The van der Waals surface area contributed by atoms with Crippen LogP contribution in [0.3, 0.4) is 0 Å². The molecule has 2 fully saturated rings. The van der Waals surface area contributed by atoms with Crippen LogP contribution in [0.1, 0.15) is 43.2 Å². The van der Waals surface area contributed by atoms with Crippen LogP contribution in [0.2, 0.25) is 0 Å². The van der Waals surface area contributed by atoms with Gasteiger partial charge in [0, 0.05) is 25.6 Å². The van der Waals surface area contributed by atoms with Gasteiger partial charge in [0.1, 0.15) is 0 Å². The summed E-state index contributed by atoms with van der Waals surface area (Å²) >= 11 is 0. The van der Waals surface area contributed by atoms with Crippen molar-refractivity contribution in [3.63, 3.8) is 0 Å². The molecule has 1 aliphatic heterocycles. The molecular formula is C28H34N2O2. The molecule has 2 aromatic rings. The van der Waals surface area contributed by atoms with Crippen molar-refractivity contribution in [3.8, 4) is 11.1 Å². The average Bonchev–Trinajstić information content (AvgIpc) is 2.77. The topological polar surface area (TPSA) is 49.4 Å². The van der Waals surface area contributed by atoms with Crippen molar-refractivity contribution in [3.05, 3.63) is 72.3 Å². The number of benzene rings is 2. The van der Waals surface area contributed by atoms with Crippen LogP contribution in [0, 0.1) is 18.3 Å². The van der Waals surface area contributed by atoms with Gasteiger partial charge in [0.2, 0.25) is 11.8 Å². The number of likely N-dealkylation sites (tertiary alicyclic amines) is 1. The summed E-state index contributed by atoms with van der Waals surface area (Å²) in [5.74, 6) is 0.579. The quantitative estimate of drug-likeness (QED) is 0.634. The summed E-state index contributed by atoms with van der Waals surface area (Å²) < 4.78 is 0. The molecule has 1 N–H and O–H groups in total. The number of carbonyl (C=O) groups excluding carboxylic acids is 2. The van der Waals surface area contributed by atoms with Gasteiger partial charge in [-0.1, -0.05) is 61.0 Å². The van der Waals surface area contributed by atoms with Gasteiger partial charge in [0.15, 0.2) is 0 Å². The minimum atomic E-state index is -0.496. The van der Waals surface area contributed by atoms with E-state index in [1.807, 2.05) is 4.90 Å². The molecule has 168 valence electrons. The van der Waals surface area contributed by atoms with Crippen molar-refractivity contribution >= 4 is 11.8 Å². The van der Waals surface area contributed by atoms with E-state index in [1.165, 1.54) is 22.3 Å². The number of rotatable bonds is 7. The van der Waals surface area contributed by atoms with Crippen LogP contribution >= 0.6 is 0 Å². The van der Waals surface area contributed by atoms with E-state index >= 15 is 0 Å². The lowest BCUT2D eigenvalue weighted by Gasteiger charge is -2.42. The first-order valence-corrected chi connectivity index (χ1v) is 11.9. The maximum Gasteiger partial charge on any atom is 0.226 e. The molecule has 32 heavy (non-hydrogen) atoms. The summed E-state index contributed by atoms with van der Waals surface area (Å²) in [7, 11) is 0. The van der Waals surface area contributed by atoms with E-state index in [1.54, 1.807) is 6.08 Å². The first-order valence-electron chi connectivity index (χ1n) is 11.9. The number of aryl methyl sites for hydroxylation is 1. The number of piperidine rings is 1. The number of nitrogens with one attached hydrogen (secondary N) is 1. The van der Waals surface area contributed by atoms with E-state index in [0.29, 0.717) is 38.9 Å². The Kier molecular flexibility index (Phi) is 6.78. The second kappa shape index (κ2) is 9.72. The highest BCUT2D eigenvalue weighted by molar-refractivity contribution is 5.84. The molecule has 4 heteroatoms. The van der Waals surface area contributed by atoms with Crippen molar-refractivity contribution in [2.24, 2.45) is 11.3 Å². The van der Waals surface area contributed by atoms with Crippen molar-refractivity contribution < 1.29 is 9.59 Å². The highest BCUT2D eigenvalue weighted by atomic mass is 16.2. The Bertz CT molecular complexity index is 984. The summed E-state index contributed by atoms with van der Waals surface area (Å²) in [6, 6.07) is 17.0. The first kappa shape index (κ1) is 22.3. The molecule has 0 aromatic heterocycles. The van der Waals surface area contributed by atoms with Crippen molar-refractivity contribution in [2.75, 3.05) is 19.6 Å². The molecule has 0 radical (unpaired) electrons. The highest BCUT2D eigenvalue weighted by Gasteiger charge is 2.43. The van der Waals surface area contributed by atoms with Crippen LogP contribution in [-0.2, 0) is 16.0 Å². The fourth-order valence-electron chi connectivity index (χ4n) is 5.04. The van der Waals surface area contributed by atoms with Gasteiger partial charge in [-0.05, 0) is 61.3 Å². The van der Waals surface area contributed by atoms with E-state index in [0.717, 1.165) is 19.3 Å². The summed E-state index contributed by atoms with van der Waals surface area (Å²) in [4.78, 5) is 28.0. The molecule has 0 unspecified atom stereocenters. The molecule has 0 spiro atoms. The average molecular weight is 431 g/mol. The molecule has 2 amide bonds. The second-order valence-electron chi connectivity index (χ2n) is 9.42. The molecule has 1 aliphatic carbocycles. The maximum atomic E-state index is 13.3. The first-order chi connectivity index (χ1) is 15.5. The van der Waals surface area contributed by atoms with E-state index in [9.17, 15) is 9.59 Å². The van der Waals surface area contributed by atoms with Crippen LogP contribution in [0.5, 0.6) is 0 Å². The number of amides is 2. The highest BCUT2D eigenvalue weighted by Crippen LogP contribution is 2.38. The molecule has 1 saturated heterocycles. The van der Waals surface area contributed by atoms with Crippen molar-refractivity contribution in [1.82, 2.24) is 10.2 Å². The van der Waals surface area contributed by atoms with Crippen LogP contribution < -0.4 is 5.32 Å². The van der Waals surface area contributed by atoms with Gasteiger partial charge >= 0.3 is 0 Å². The van der Waals surface area contributed by atoms with Crippen LogP contribution in [0.25, 0.3) is 11.1 Å². The number of hydrogen-bond acceptors (Lipinski definition) is 2. The third-order valence-corrected chi connectivity index (χ3v) is 7.30. The van der Waals surface area contributed by atoms with E-state index < -0.39 is 5.41 Å². The zero-order valence-corrected chi connectivity index (χ0v) is 19.1. The molecule has 0 atom stereocenters. The molecule has 1 heterocycles. The minimum Gasteiger partial charge on any atom is -0.352 e. The number of nitrogens with zero attached hydrogens (tertiary/aromatic N) is 1. The standard InChI is InChI=1S/C28H34N2O2/c1-3-16-29-27(32)28(14-17-30(18-15-28)26(31)23-10-7-11-23)20-22-9-6-12-24(19-22)25-13-5-4-8-21(25)2/h3-6,8-9,12-13,19,23H,1,7,10-11,14-18,20H2,2H3,(H,29,32). The van der Waals surface area contributed by atoms with E-state index in [-0.39, 0.29) is 17.7 Å². The normalized spacial score (nSPS) is 18.0. The van der Waals surface area contributed by atoms with Crippen molar-refractivity contribution in [2.45, 2.75) is 45.4 Å². The molecule has 2 aliphatic rings. The van der Waals surface area contributed by atoms with Gasteiger partial charge in [-0.3, -0.25) is 9.59 Å². The third kappa shape index (κ3) is 4.64. The van der Waals surface area contributed by atoms with Gasteiger partial charge in [0.05, 0.1) is 5.41 Å². The van der Waals surface area contributed by atoms with Gasteiger partial charge in [0.25, 0.3) is 0 Å². The zero-order chi connectivity index (χ0) is 22.6. The minimum absolute atomic E-state index is 0.0782. The Labute approximate surface area is 191 Å². The smallest absolute Gasteiger partial charge is 0.226 e. The predicted octanol–water partition coefficient (Wildman–Crippen LogP) is 4.92. The van der Waals surface area contributed by atoms with E-state index in [4.69, 9.17) is 0 Å². The van der Waals surface area contributed by atoms with Gasteiger partial charge in [-0.25, -0.2) is 0 Å². The largest absolute Gasteiger partial charge is 0.352 e. The molecule has 2 aromatic carbocycles. The molecule has 4 nitrogen and oxygen atoms in total. The van der Waals surface area contributed by atoms with Crippen LogP contribution in [-0.4, -0.2) is 36.3 Å². The molecule has 0 bridgehead atoms. The van der Waals surface area contributed by atoms with Crippen LogP contribution in [0.15, 0.2) is 61.2 Å². The van der Waals surface area contributed by atoms with Gasteiger partial charge < -0.3 is 10.2 Å². The lowest BCUT2D eigenvalue weighted by atomic mass is 9.72. The lowest BCUT2D eigenvalue weighted by molar-refractivity contribution is -0.144. The summed E-state index contributed by atoms with van der Waals surface area (Å²) in [6.45, 7) is 7.66. The molecule has 1 saturated carbocycles. The second-order valence-corrected chi connectivity index (χ2v) is 9.42. The summed E-state index contributed by atoms with van der Waals surface area (Å²) in [6.07, 6.45) is 7.00. The Morgan fingerprint density at radius 2 is 1.88 bits per heavy atom. The fourth-order valence-corrected chi connectivity index (χ4v) is 5.04. The number of carbonyl (C=O) groups is 2. The molecule has 4 rings (SSSR count). The fraction of sp³-hybridized carbons (Fsp3) is 0.429. The molecular weight excluding hydrogens is 396 g/mol. The van der Waals surface area contributed by atoms with Crippen LogP contribution in [0.4, 0.5) is 0 Å². The SMILES string of the molecule is C=CCNC(=O)C1(Cc2cccc(-c3ccccc3C)c2)CCN(C(=O)C2CCC2)CC1. The lowest BCUT2D eigenvalue weighted by Crippen LogP contribution is -2.52. The van der Waals surface area contributed by atoms with Gasteiger partial charge in [-0.2, -0.15) is 0 Å². The van der Waals surface area contributed by atoms with Crippen molar-refractivity contribution in [1.29, 1.82) is 0 Å². The Balaban J connectivity index is 1.55. The maximum absolute atomic E-state index is 13.3.